The molecular formula is C19H30Cl2OSiZr. The van der Waals surface area contributed by atoms with E-state index < -0.39 is 8.80 Å². The van der Waals surface area contributed by atoms with Crippen molar-refractivity contribution >= 4 is 14.0 Å². The minimum atomic E-state index is -0.662. The van der Waals surface area contributed by atoms with Crippen LogP contribution in [0.2, 0.25) is 13.1 Å². The van der Waals surface area contributed by atoms with E-state index in [1.54, 1.807) is 0 Å². The second kappa shape index (κ2) is 13.5. The van der Waals surface area contributed by atoms with Crippen LogP contribution in [0.15, 0.2) is 18.2 Å². The molecule has 24 heavy (non-hydrogen) atoms. The molecule has 0 heterocycles. The third-order valence-corrected chi connectivity index (χ3v) is 6.57. The Morgan fingerprint density at radius 1 is 1.00 bits per heavy atom. The minimum Gasteiger partial charge on any atom is -1.00 e. The maximum Gasteiger partial charge on any atom is 4.00 e. The van der Waals surface area contributed by atoms with E-state index in [9.17, 15) is 0 Å². The summed E-state index contributed by atoms with van der Waals surface area (Å²) in [4.78, 5) is 0. The first kappa shape index (κ1) is 29.1. The fourth-order valence-corrected chi connectivity index (χ4v) is 4.27. The monoisotopic (exact) mass is 462 g/mol. The van der Waals surface area contributed by atoms with Crippen molar-refractivity contribution in [1.82, 2.24) is 0 Å². The number of halogens is 2. The van der Waals surface area contributed by atoms with E-state index in [2.05, 4.69) is 65.9 Å². The van der Waals surface area contributed by atoms with Gasteiger partial charge in [0.1, 0.15) is 0 Å². The van der Waals surface area contributed by atoms with Gasteiger partial charge >= 0.3 is 26.2 Å². The van der Waals surface area contributed by atoms with Gasteiger partial charge < -0.3 is 29.9 Å². The standard InChI is InChI=1S/C10H15.C9H15OSi.2ClH.Zr/c1-6-7(2)9(4)10(5)8(6)3;1-11(2)9-5-3-4-8(9)6-7-10;;;/h1-5H3;3-5,10-11H,6-7H2,1-2H3;2*1H;/q2*-1;;;+4/p-2. The zero-order valence-electron chi connectivity index (χ0n) is 15.9. The van der Waals surface area contributed by atoms with Crippen LogP contribution in [0, 0.1) is 34.6 Å². The SMILES string of the molecule is C[SiH](C)[c-]1cccc1CCO.Cc1c(C)c(C)[c-](C)c1C.[Cl-].[Cl-].[Zr+4]. The van der Waals surface area contributed by atoms with Crippen LogP contribution < -0.4 is 30.0 Å². The Kier molecular flexibility index (Phi) is 16.4. The molecule has 0 radical (unpaired) electrons. The molecule has 0 saturated carbocycles. The predicted octanol–water partition coefficient (Wildman–Crippen LogP) is -2.41. The summed E-state index contributed by atoms with van der Waals surface area (Å²) in [7, 11) is -0.662. The Bertz CT molecular complexity index is 508. The molecule has 5 heteroatoms. The first-order chi connectivity index (χ1) is 9.81. The summed E-state index contributed by atoms with van der Waals surface area (Å²) in [5, 5.41) is 10.3. The molecule has 0 aromatic heterocycles. The quantitative estimate of drug-likeness (QED) is 0.396. The summed E-state index contributed by atoms with van der Waals surface area (Å²) in [6.45, 7) is 15.9. The molecule has 0 fully saturated rings. The number of rotatable bonds is 3. The van der Waals surface area contributed by atoms with Crippen molar-refractivity contribution in [2.45, 2.75) is 54.1 Å². The molecule has 2 rings (SSSR count). The van der Waals surface area contributed by atoms with Gasteiger partial charge in [-0.3, -0.25) is 0 Å². The summed E-state index contributed by atoms with van der Waals surface area (Å²) in [6, 6.07) is 6.41. The number of aliphatic hydroxyl groups excluding tert-OH is 1. The van der Waals surface area contributed by atoms with Gasteiger partial charge in [0.15, 0.2) is 0 Å². The number of aliphatic hydroxyl groups is 1. The van der Waals surface area contributed by atoms with Crippen LogP contribution in [0.5, 0.6) is 0 Å². The Morgan fingerprint density at radius 3 is 1.75 bits per heavy atom. The van der Waals surface area contributed by atoms with Crippen molar-refractivity contribution in [3.63, 3.8) is 0 Å². The van der Waals surface area contributed by atoms with Crippen LogP contribution in [0.4, 0.5) is 0 Å². The van der Waals surface area contributed by atoms with Crippen molar-refractivity contribution < 1.29 is 56.1 Å². The van der Waals surface area contributed by atoms with Crippen LogP contribution in [-0.2, 0) is 32.6 Å². The van der Waals surface area contributed by atoms with Crippen LogP contribution >= 0.6 is 0 Å². The molecule has 0 unspecified atom stereocenters. The zero-order valence-corrected chi connectivity index (χ0v) is 21.1. The molecule has 0 bridgehead atoms. The average molecular weight is 465 g/mol. The Morgan fingerprint density at radius 2 is 1.46 bits per heavy atom. The zero-order chi connectivity index (χ0) is 16.2. The summed E-state index contributed by atoms with van der Waals surface area (Å²) in [5.41, 5.74) is 8.69. The Labute approximate surface area is 181 Å². The van der Waals surface area contributed by atoms with E-state index in [4.69, 9.17) is 5.11 Å². The predicted molar refractivity (Wildman–Crippen MR) is 97.1 cm³/mol. The molecule has 0 amide bonds. The van der Waals surface area contributed by atoms with E-state index in [1.165, 1.54) is 38.6 Å². The van der Waals surface area contributed by atoms with Gasteiger partial charge in [-0.05, 0) is 6.42 Å². The molecule has 0 spiro atoms. The van der Waals surface area contributed by atoms with Gasteiger partial charge in [-0.2, -0.15) is 44.6 Å². The molecule has 0 aliphatic heterocycles. The third kappa shape index (κ3) is 7.30. The average Bonchev–Trinajstić information content (AvgIpc) is 2.98. The first-order valence-electron chi connectivity index (χ1n) is 7.86. The number of hydrogen-bond acceptors (Lipinski definition) is 1. The maximum atomic E-state index is 8.76. The van der Waals surface area contributed by atoms with Crippen LogP contribution in [0.1, 0.15) is 33.4 Å². The maximum absolute atomic E-state index is 8.76. The van der Waals surface area contributed by atoms with Gasteiger partial charge in [-0.15, -0.1) is 0 Å². The summed E-state index contributed by atoms with van der Waals surface area (Å²) in [6.07, 6.45) is 0.827. The van der Waals surface area contributed by atoms with Gasteiger partial charge in [0.2, 0.25) is 0 Å². The minimum absolute atomic E-state index is 0. The molecule has 0 aliphatic rings. The van der Waals surface area contributed by atoms with Crippen LogP contribution in [0.25, 0.3) is 0 Å². The molecule has 1 N–H and O–H groups in total. The Hall–Kier alpha value is 0.340. The topological polar surface area (TPSA) is 20.2 Å². The van der Waals surface area contributed by atoms with E-state index >= 15 is 0 Å². The molecule has 2 aromatic rings. The molecule has 0 aliphatic carbocycles. The van der Waals surface area contributed by atoms with Crippen molar-refractivity contribution in [2.75, 3.05) is 6.61 Å². The van der Waals surface area contributed by atoms with E-state index in [-0.39, 0.29) is 57.6 Å². The second-order valence-electron chi connectivity index (χ2n) is 6.26. The van der Waals surface area contributed by atoms with Crippen LogP contribution in [0.3, 0.4) is 0 Å². The van der Waals surface area contributed by atoms with Gasteiger partial charge in [0.25, 0.3) is 0 Å². The Balaban J connectivity index is -0.000000328. The molecule has 0 saturated heterocycles. The third-order valence-electron chi connectivity index (χ3n) is 4.76. The van der Waals surface area contributed by atoms with Crippen molar-refractivity contribution in [2.24, 2.45) is 0 Å². The van der Waals surface area contributed by atoms with Crippen molar-refractivity contribution in [3.8, 4) is 0 Å². The number of hydrogen-bond donors (Lipinski definition) is 1. The molecule has 134 valence electrons. The second-order valence-corrected chi connectivity index (χ2v) is 9.19. The van der Waals surface area contributed by atoms with Gasteiger partial charge in [0.05, 0.1) is 0 Å². The van der Waals surface area contributed by atoms with E-state index in [0.717, 1.165) is 6.42 Å². The molecular weight excluding hydrogens is 434 g/mol. The summed E-state index contributed by atoms with van der Waals surface area (Å²) < 4.78 is 0. The van der Waals surface area contributed by atoms with Crippen LogP contribution in [-0.4, -0.2) is 20.5 Å². The smallest absolute Gasteiger partial charge is 1.00 e. The first-order valence-corrected chi connectivity index (χ1v) is 10.7. The molecule has 1 nitrogen and oxygen atoms in total. The van der Waals surface area contributed by atoms with Gasteiger partial charge in [-0.1, -0.05) is 47.7 Å². The largest absolute Gasteiger partial charge is 4.00 e. The fourth-order valence-electron chi connectivity index (χ4n) is 2.79. The molecule has 0 atom stereocenters. The normalized spacial score (nSPS) is 9.38. The van der Waals surface area contributed by atoms with Gasteiger partial charge in [0, 0.05) is 15.4 Å². The molecule has 2 aromatic carbocycles. The van der Waals surface area contributed by atoms with Crippen molar-refractivity contribution in [3.05, 3.63) is 51.6 Å². The summed E-state index contributed by atoms with van der Waals surface area (Å²) >= 11 is 0. The summed E-state index contributed by atoms with van der Waals surface area (Å²) in [5.74, 6) is 0. The van der Waals surface area contributed by atoms with E-state index in [0.29, 0.717) is 0 Å². The van der Waals surface area contributed by atoms with Crippen molar-refractivity contribution in [1.29, 1.82) is 0 Å². The fraction of sp³-hybridized carbons (Fsp3) is 0.474. The van der Waals surface area contributed by atoms with Gasteiger partial charge in [-0.25, -0.2) is 12.1 Å². The van der Waals surface area contributed by atoms with E-state index in [1.807, 2.05) is 0 Å².